The molecule has 0 saturated carbocycles. The van der Waals surface area contributed by atoms with Crippen LogP contribution in [0.5, 0.6) is 0 Å². The number of nitrogens with one attached hydrogen (secondary N) is 1. The normalized spacial score (nSPS) is 11.9. The van der Waals surface area contributed by atoms with E-state index >= 15 is 0 Å². The SMILES string of the molecule is Cc1cc(Cl)ccc1C(Nc1ccccc1)C(N)=O. The van der Waals surface area contributed by atoms with Gasteiger partial charge in [0.1, 0.15) is 6.04 Å². The first-order chi connectivity index (χ1) is 9.08. The lowest BCUT2D eigenvalue weighted by Crippen LogP contribution is -2.28. The Morgan fingerprint density at radius 1 is 1.21 bits per heavy atom. The van der Waals surface area contributed by atoms with Gasteiger partial charge in [0.2, 0.25) is 5.91 Å². The number of hydrogen-bond acceptors (Lipinski definition) is 2. The van der Waals surface area contributed by atoms with E-state index in [2.05, 4.69) is 5.32 Å². The van der Waals surface area contributed by atoms with Crippen molar-refractivity contribution in [3.8, 4) is 0 Å². The number of benzene rings is 2. The number of nitrogens with two attached hydrogens (primary N) is 1. The predicted molar refractivity (Wildman–Crippen MR) is 78.2 cm³/mol. The highest BCUT2D eigenvalue weighted by atomic mass is 35.5. The van der Waals surface area contributed by atoms with E-state index in [-0.39, 0.29) is 0 Å². The van der Waals surface area contributed by atoms with Gasteiger partial charge in [0, 0.05) is 10.7 Å². The minimum absolute atomic E-state index is 0.422. The highest BCUT2D eigenvalue weighted by Crippen LogP contribution is 2.24. The Morgan fingerprint density at radius 3 is 2.47 bits per heavy atom. The van der Waals surface area contributed by atoms with Crippen molar-refractivity contribution in [1.29, 1.82) is 0 Å². The Morgan fingerprint density at radius 2 is 1.89 bits per heavy atom. The van der Waals surface area contributed by atoms with Crippen LogP contribution < -0.4 is 11.1 Å². The van der Waals surface area contributed by atoms with Gasteiger partial charge < -0.3 is 11.1 Å². The number of anilines is 1. The van der Waals surface area contributed by atoms with E-state index < -0.39 is 11.9 Å². The van der Waals surface area contributed by atoms with Gasteiger partial charge in [-0.15, -0.1) is 0 Å². The second-order valence-electron chi connectivity index (χ2n) is 4.35. The molecule has 2 aromatic carbocycles. The fourth-order valence-electron chi connectivity index (χ4n) is 1.97. The highest BCUT2D eigenvalue weighted by Gasteiger charge is 2.19. The molecular weight excluding hydrogens is 260 g/mol. The van der Waals surface area contributed by atoms with Gasteiger partial charge in [-0.05, 0) is 42.3 Å². The number of halogens is 1. The topological polar surface area (TPSA) is 55.1 Å². The van der Waals surface area contributed by atoms with Crippen molar-refractivity contribution in [1.82, 2.24) is 0 Å². The number of amides is 1. The molecule has 2 aromatic rings. The summed E-state index contributed by atoms with van der Waals surface area (Å²) < 4.78 is 0. The highest BCUT2D eigenvalue weighted by molar-refractivity contribution is 6.30. The van der Waals surface area contributed by atoms with Crippen LogP contribution in [0.3, 0.4) is 0 Å². The maximum Gasteiger partial charge on any atom is 0.244 e. The number of carbonyl (C=O) groups excluding carboxylic acids is 1. The fraction of sp³-hybridized carbons (Fsp3) is 0.133. The summed E-state index contributed by atoms with van der Waals surface area (Å²) in [4.78, 5) is 11.7. The van der Waals surface area contributed by atoms with Gasteiger partial charge in [0.25, 0.3) is 0 Å². The van der Waals surface area contributed by atoms with Gasteiger partial charge in [-0.3, -0.25) is 4.79 Å². The van der Waals surface area contributed by atoms with Gasteiger partial charge in [0.15, 0.2) is 0 Å². The van der Waals surface area contributed by atoms with Crippen molar-refractivity contribution >= 4 is 23.2 Å². The van der Waals surface area contributed by atoms with Crippen molar-refractivity contribution < 1.29 is 4.79 Å². The monoisotopic (exact) mass is 274 g/mol. The van der Waals surface area contributed by atoms with E-state index in [4.69, 9.17) is 17.3 Å². The van der Waals surface area contributed by atoms with Crippen LogP contribution in [-0.4, -0.2) is 5.91 Å². The first-order valence-electron chi connectivity index (χ1n) is 5.95. The number of hydrogen-bond donors (Lipinski definition) is 2. The van der Waals surface area contributed by atoms with Crippen LogP contribution >= 0.6 is 11.6 Å². The molecule has 0 bridgehead atoms. The average molecular weight is 275 g/mol. The first-order valence-corrected chi connectivity index (χ1v) is 6.32. The molecule has 0 radical (unpaired) electrons. The van der Waals surface area contributed by atoms with Gasteiger partial charge in [0.05, 0.1) is 0 Å². The van der Waals surface area contributed by atoms with Gasteiger partial charge in [-0.25, -0.2) is 0 Å². The summed E-state index contributed by atoms with van der Waals surface area (Å²) in [5.74, 6) is -0.422. The number of primary amides is 1. The maximum atomic E-state index is 11.7. The molecule has 0 aromatic heterocycles. The largest absolute Gasteiger partial charge is 0.370 e. The van der Waals surface area contributed by atoms with E-state index in [1.165, 1.54) is 0 Å². The van der Waals surface area contributed by atoms with E-state index in [1.54, 1.807) is 6.07 Å². The zero-order chi connectivity index (χ0) is 13.8. The van der Waals surface area contributed by atoms with Crippen molar-refractivity contribution in [3.63, 3.8) is 0 Å². The average Bonchev–Trinajstić information content (AvgIpc) is 2.38. The molecule has 0 saturated heterocycles. The van der Waals surface area contributed by atoms with E-state index in [0.717, 1.165) is 16.8 Å². The molecule has 98 valence electrons. The van der Waals surface area contributed by atoms with Crippen molar-refractivity contribution in [3.05, 3.63) is 64.7 Å². The Bertz CT molecular complexity index is 584. The molecule has 0 aliphatic rings. The number of rotatable bonds is 4. The van der Waals surface area contributed by atoms with Crippen LogP contribution in [0.25, 0.3) is 0 Å². The molecule has 1 atom stereocenters. The van der Waals surface area contributed by atoms with Crippen molar-refractivity contribution in [2.45, 2.75) is 13.0 Å². The molecule has 0 fully saturated rings. The lowest BCUT2D eigenvalue weighted by molar-refractivity contribution is -0.118. The second kappa shape index (κ2) is 5.76. The summed E-state index contributed by atoms with van der Waals surface area (Å²) in [6.45, 7) is 1.91. The van der Waals surface area contributed by atoms with Crippen molar-refractivity contribution in [2.75, 3.05) is 5.32 Å². The molecule has 0 aliphatic carbocycles. The molecule has 0 aliphatic heterocycles. The number of aryl methyl sites for hydroxylation is 1. The molecule has 1 amide bonds. The lowest BCUT2D eigenvalue weighted by Gasteiger charge is -2.19. The summed E-state index contributed by atoms with van der Waals surface area (Å²) in [5.41, 5.74) is 8.10. The minimum atomic E-state index is -0.570. The zero-order valence-electron chi connectivity index (χ0n) is 10.6. The zero-order valence-corrected chi connectivity index (χ0v) is 11.3. The van der Waals surface area contributed by atoms with E-state index in [1.807, 2.05) is 49.4 Å². The third kappa shape index (κ3) is 3.26. The standard InChI is InChI=1S/C15H15ClN2O/c1-10-9-11(16)7-8-13(10)14(15(17)19)18-12-5-3-2-4-6-12/h2-9,14,18H,1H3,(H2,17,19). The Labute approximate surface area is 117 Å². The third-order valence-electron chi connectivity index (χ3n) is 2.91. The Hall–Kier alpha value is -2.00. The predicted octanol–water partition coefficient (Wildman–Crippen LogP) is 3.29. The van der Waals surface area contributed by atoms with Gasteiger partial charge in [-0.1, -0.05) is 35.9 Å². The van der Waals surface area contributed by atoms with Crippen LogP contribution in [0.4, 0.5) is 5.69 Å². The van der Waals surface area contributed by atoms with E-state index in [0.29, 0.717) is 5.02 Å². The second-order valence-corrected chi connectivity index (χ2v) is 4.78. The lowest BCUT2D eigenvalue weighted by atomic mass is 10.0. The summed E-state index contributed by atoms with van der Waals surface area (Å²) in [7, 11) is 0. The molecule has 0 heterocycles. The maximum absolute atomic E-state index is 11.7. The molecule has 2 rings (SSSR count). The Balaban J connectivity index is 2.33. The molecule has 19 heavy (non-hydrogen) atoms. The Kier molecular flexibility index (Phi) is 4.07. The van der Waals surface area contributed by atoms with Crippen LogP contribution in [0.1, 0.15) is 17.2 Å². The van der Waals surface area contributed by atoms with Crippen molar-refractivity contribution in [2.24, 2.45) is 5.73 Å². The molecular formula is C15H15ClN2O. The molecule has 1 unspecified atom stereocenters. The first kappa shape index (κ1) is 13.4. The summed E-state index contributed by atoms with van der Waals surface area (Å²) >= 11 is 5.92. The summed E-state index contributed by atoms with van der Waals surface area (Å²) in [6.07, 6.45) is 0. The van der Waals surface area contributed by atoms with Crippen LogP contribution in [0.2, 0.25) is 5.02 Å². The molecule has 3 nitrogen and oxygen atoms in total. The summed E-state index contributed by atoms with van der Waals surface area (Å²) in [6, 6.07) is 14.3. The minimum Gasteiger partial charge on any atom is -0.370 e. The summed E-state index contributed by atoms with van der Waals surface area (Å²) in [5, 5.41) is 3.78. The van der Waals surface area contributed by atoms with E-state index in [9.17, 15) is 4.79 Å². The van der Waals surface area contributed by atoms with Crippen LogP contribution in [-0.2, 0) is 4.79 Å². The molecule has 4 heteroatoms. The van der Waals surface area contributed by atoms with Gasteiger partial charge in [-0.2, -0.15) is 0 Å². The van der Waals surface area contributed by atoms with Crippen LogP contribution in [0.15, 0.2) is 48.5 Å². The molecule has 3 N–H and O–H groups in total. The smallest absolute Gasteiger partial charge is 0.244 e. The number of carbonyl (C=O) groups is 1. The third-order valence-corrected chi connectivity index (χ3v) is 3.15. The molecule has 0 spiro atoms. The number of para-hydroxylation sites is 1. The van der Waals surface area contributed by atoms with Gasteiger partial charge >= 0.3 is 0 Å². The quantitative estimate of drug-likeness (QED) is 0.899. The van der Waals surface area contributed by atoms with Crippen LogP contribution in [0, 0.1) is 6.92 Å². The fourth-order valence-corrected chi connectivity index (χ4v) is 2.19.